The second-order valence-corrected chi connectivity index (χ2v) is 9.07. The van der Waals surface area contributed by atoms with Gasteiger partial charge in [-0.25, -0.2) is 0 Å². The number of benzene rings is 2. The van der Waals surface area contributed by atoms with Crippen LogP contribution in [0.25, 0.3) is 16.5 Å². The molecule has 2 amide bonds. The Morgan fingerprint density at radius 2 is 1.75 bits per heavy atom. The van der Waals surface area contributed by atoms with E-state index in [1.54, 1.807) is 12.1 Å². The van der Waals surface area contributed by atoms with E-state index >= 15 is 0 Å². The van der Waals surface area contributed by atoms with E-state index in [0.29, 0.717) is 17.1 Å². The van der Waals surface area contributed by atoms with E-state index in [4.69, 9.17) is 23.2 Å². The van der Waals surface area contributed by atoms with Crippen LogP contribution in [0.1, 0.15) is 45.5 Å². The van der Waals surface area contributed by atoms with Crippen LogP contribution in [0.3, 0.4) is 0 Å². The number of para-hydroxylation sites is 1. The molecule has 0 bridgehead atoms. The number of nitrogens with zero attached hydrogens (tertiary/aromatic N) is 2. The number of rotatable bonds is 6. The predicted octanol–water partition coefficient (Wildman–Crippen LogP) is 5.64. The highest BCUT2D eigenvalue weighted by Gasteiger charge is 2.37. The van der Waals surface area contributed by atoms with Crippen molar-refractivity contribution in [2.24, 2.45) is 0 Å². The minimum Gasteiger partial charge on any atom is -0.361 e. The smallest absolute Gasteiger partial charge is 0.263 e. The van der Waals surface area contributed by atoms with Gasteiger partial charge in [0.05, 0.1) is 21.2 Å². The second kappa shape index (κ2) is 8.74. The zero-order valence-electron chi connectivity index (χ0n) is 17.5. The molecule has 1 aromatic heterocycles. The van der Waals surface area contributed by atoms with E-state index in [9.17, 15) is 9.59 Å². The molecule has 0 saturated carbocycles. The summed E-state index contributed by atoms with van der Waals surface area (Å²) in [5, 5.41) is 1.73. The number of hydrogen-bond acceptors (Lipinski definition) is 3. The van der Waals surface area contributed by atoms with Gasteiger partial charge in [0.2, 0.25) is 0 Å². The van der Waals surface area contributed by atoms with Gasteiger partial charge in [-0.1, -0.05) is 47.5 Å². The lowest BCUT2D eigenvalue weighted by Crippen LogP contribution is -2.32. The van der Waals surface area contributed by atoms with Crippen LogP contribution >= 0.6 is 23.2 Å². The molecule has 32 heavy (non-hydrogen) atoms. The third-order valence-electron chi connectivity index (χ3n) is 6.36. The molecule has 0 fully saturated rings. The molecular weight excluding hydrogens is 445 g/mol. The number of carbonyl (C=O) groups is 2. The van der Waals surface area contributed by atoms with Crippen molar-refractivity contribution in [1.82, 2.24) is 14.8 Å². The van der Waals surface area contributed by atoms with E-state index in [1.165, 1.54) is 26.9 Å². The Morgan fingerprint density at radius 3 is 2.56 bits per heavy atom. The zero-order valence-corrected chi connectivity index (χ0v) is 19.0. The van der Waals surface area contributed by atoms with Crippen molar-refractivity contribution in [1.29, 1.82) is 0 Å². The maximum absolute atomic E-state index is 12.7. The normalized spacial score (nSPS) is 16.7. The van der Waals surface area contributed by atoms with Gasteiger partial charge in [-0.2, -0.15) is 0 Å². The second-order valence-electron chi connectivity index (χ2n) is 8.28. The molecule has 0 aliphatic carbocycles. The lowest BCUT2D eigenvalue weighted by molar-refractivity contribution is 0.0650. The van der Waals surface area contributed by atoms with E-state index < -0.39 is 0 Å². The molecule has 7 heteroatoms. The Balaban J connectivity index is 1.14. The third-order valence-corrected chi connectivity index (χ3v) is 7.17. The third kappa shape index (κ3) is 3.75. The van der Waals surface area contributed by atoms with Crippen LogP contribution in [-0.4, -0.2) is 52.8 Å². The van der Waals surface area contributed by atoms with Crippen LogP contribution in [0.5, 0.6) is 0 Å². The Kier molecular flexibility index (Phi) is 5.80. The minimum atomic E-state index is -0.346. The predicted molar refractivity (Wildman–Crippen MR) is 128 cm³/mol. The van der Waals surface area contributed by atoms with Gasteiger partial charge in [-0.15, -0.1) is 0 Å². The van der Waals surface area contributed by atoms with Crippen molar-refractivity contribution < 1.29 is 9.59 Å². The summed E-state index contributed by atoms with van der Waals surface area (Å²) in [6, 6.07) is 11.5. The molecule has 5 rings (SSSR count). The van der Waals surface area contributed by atoms with Gasteiger partial charge in [-0.05, 0) is 49.6 Å². The number of fused-ring (bicyclic) bond motifs is 2. The van der Waals surface area contributed by atoms with Crippen molar-refractivity contribution in [3.8, 4) is 0 Å². The van der Waals surface area contributed by atoms with Crippen molar-refractivity contribution in [3.63, 3.8) is 0 Å². The number of unbranched alkanes of at least 4 members (excludes halogenated alkanes) is 1. The largest absolute Gasteiger partial charge is 0.361 e. The Bertz CT molecular complexity index is 1250. The van der Waals surface area contributed by atoms with Gasteiger partial charge in [0, 0.05) is 42.3 Å². The van der Waals surface area contributed by atoms with Gasteiger partial charge in [0.1, 0.15) is 0 Å². The van der Waals surface area contributed by atoms with Crippen LogP contribution in [-0.2, 0) is 0 Å². The lowest BCUT2D eigenvalue weighted by Gasteiger charge is -2.26. The first kappa shape index (κ1) is 21.3. The molecule has 2 aliphatic rings. The summed E-state index contributed by atoms with van der Waals surface area (Å²) < 4.78 is 0. The van der Waals surface area contributed by atoms with Gasteiger partial charge in [0.15, 0.2) is 0 Å². The number of amides is 2. The van der Waals surface area contributed by atoms with Crippen LogP contribution in [0.15, 0.2) is 48.7 Å². The first-order chi connectivity index (χ1) is 15.5. The highest BCUT2D eigenvalue weighted by atomic mass is 35.5. The fraction of sp³-hybridized carbons (Fsp3) is 0.280. The number of nitrogens with one attached hydrogen (secondary N) is 1. The molecule has 2 aromatic carbocycles. The van der Waals surface area contributed by atoms with E-state index in [2.05, 4.69) is 40.4 Å². The number of carbonyl (C=O) groups excluding carboxylic acids is 2. The van der Waals surface area contributed by atoms with Gasteiger partial charge in [-0.3, -0.25) is 19.4 Å². The van der Waals surface area contributed by atoms with Crippen molar-refractivity contribution in [2.75, 3.05) is 26.2 Å². The Hall–Kier alpha value is -2.60. The molecular formula is C25H23Cl2N3O2. The average Bonchev–Trinajstić information content (AvgIpc) is 3.34. The molecule has 0 spiro atoms. The SMILES string of the molecule is O=C1c2ccc(Cl)c(Cl)c2C(=O)N1CCCCN1CC=C(c2c[nH]c3ccccc23)CC1. The summed E-state index contributed by atoms with van der Waals surface area (Å²) in [6.45, 7) is 3.25. The fourth-order valence-corrected chi connectivity index (χ4v) is 5.02. The zero-order chi connectivity index (χ0) is 22.2. The van der Waals surface area contributed by atoms with Crippen LogP contribution in [0.4, 0.5) is 0 Å². The maximum Gasteiger partial charge on any atom is 0.263 e. The number of aromatic amines is 1. The summed E-state index contributed by atoms with van der Waals surface area (Å²) in [7, 11) is 0. The molecule has 5 nitrogen and oxygen atoms in total. The highest BCUT2D eigenvalue weighted by Crippen LogP contribution is 2.34. The van der Waals surface area contributed by atoms with Crippen LogP contribution in [0, 0.1) is 0 Å². The van der Waals surface area contributed by atoms with Crippen LogP contribution < -0.4 is 0 Å². The first-order valence-electron chi connectivity index (χ1n) is 10.9. The highest BCUT2D eigenvalue weighted by molar-refractivity contribution is 6.45. The molecule has 2 aliphatic heterocycles. The van der Waals surface area contributed by atoms with Gasteiger partial charge in [0.25, 0.3) is 11.8 Å². The fourth-order valence-electron chi connectivity index (χ4n) is 4.62. The van der Waals surface area contributed by atoms with Crippen molar-refractivity contribution in [2.45, 2.75) is 19.3 Å². The Labute approximate surface area is 196 Å². The standard InChI is InChI=1S/C25H23Cl2N3O2/c26-20-8-7-18-22(23(20)27)25(32)30(24(18)31)12-4-3-11-29-13-9-16(10-14-29)19-15-28-21-6-2-1-5-17(19)21/h1-2,5-9,15,28H,3-4,10-14H2. The Morgan fingerprint density at radius 1 is 0.938 bits per heavy atom. The number of H-pyrrole nitrogens is 1. The number of halogens is 2. The molecule has 0 saturated heterocycles. The molecule has 3 aromatic rings. The number of aromatic nitrogens is 1. The van der Waals surface area contributed by atoms with E-state index in [0.717, 1.165) is 38.9 Å². The molecule has 0 radical (unpaired) electrons. The molecule has 164 valence electrons. The lowest BCUT2D eigenvalue weighted by atomic mass is 9.99. The number of imide groups is 1. The average molecular weight is 468 g/mol. The quantitative estimate of drug-likeness (QED) is 0.376. The summed E-state index contributed by atoms with van der Waals surface area (Å²) in [4.78, 5) is 32.3. The van der Waals surface area contributed by atoms with Gasteiger partial charge < -0.3 is 4.98 Å². The molecule has 0 atom stereocenters. The first-order valence-corrected chi connectivity index (χ1v) is 11.6. The van der Waals surface area contributed by atoms with Gasteiger partial charge >= 0.3 is 0 Å². The summed E-state index contributed by atoms with van der Waals surface area (Å²) in [5.74, 6) is -0.630. The summed E-state index contributed by atoms with van der Waals surface area (Å²) in [5.41, 5.74) is 4.43. The topological polar surface area (TPSA) is 56.4 Å². The monoisotopic (exact) mass is 467 g/mol. The molecule has 0 unspecified atom stereocenters. The summed E-state index contributed by atoms with van der Waals surface area (Å²) in [6.07, 6.45) is 7.10. The van der Waals surface area contributed by atoms with Crippen molar-refractivity contribution >= 4 is 51.5 Å². The molecule has 3 heterocycles. The van der Waals surface area contributed by atoms with E-state index in [1.807, 2.05) is 6.07 Å². The van der Waals surface area contributed by atoms with Crippen molar-refractivity contribution in [3.05, 3.63) is 75.4 Å². The van der Waals surface area contributed by atoms with E-state index in [-0.39, 0.29) is 22.4 Å². The maximum atomic E-state index is 12.7. The number of hydrogen-bond donors (Lipinski definition) is 1. The van der Waals surface area contributed by atoms with Crippen LogP contribution in [0.2, 0.25) is 10.0 Å². The summed E-state index contributed by atoms with van der Waals surface area (Å²) >= 11 is 12.2. The molecule has 1 N–H and O–H groups in total. The minimum absolute atomic E-state index is 0.163.